The van der Waals surface area contributed by atoms with E-state index < -0.39 is 6.17 Å². The number of nitrogens with zero attached hydrogens (tertiary/aromatic N) is 3. The highest BCUT2D eigenvalue weighted by molar-refractivity contribution is 6.21. The zero-order valence-corrected chi connectivity index (χ0v) is 27.1. The van der Waals surface area contributed by atoms with Crippen molar-refractivity contribution in [3.05, 3.63) is 187 Å². The van der Waals surface area contributed by atoms with E-state index in [1.807, 2.05) is 85.1 Å². The molecule has 0 saturated heterocycles. The average molecular weight is 645 g/mol. The fourth-order valence-corrected chi connectivity index (χ4v) is 6.89. The van der Waals surface area contributed by atoms with Crippen molar-refractivity contribution >= 4 is 55.8 Å². The smallest absolute Gasteiger partial charge is 0.167 e. The van der Waals surface area contributed by atoms with E-state index in [0.29, 0.717) is 5.84 Å². The van der Waals surface area contributed by atoms with Gasteiger partial charge >= 0.3 is 0 Å². The molecule has 9 rings (SSSR count). The zero-order valence-electron chi connectivity index (χ0n) is 27.1. The summed E-state index contributed by atoms with van der Waals surface area (Å²) in [6, 6.07) is 58.2. The first-order chi connectivity index (χ1) is 24.7. The van der Waals surface area contributed by atoms with E-state index in [-0.39, 0.29) is 0 Å². The van der Waals surface area contributed by atoms with Gasteiger partial charge in [0.1, 0.15) is 11.4 Å². The van der Waals surface area contributed by atoms with Gasteiger partial charge in [0.25, 0.3) is 0 Å². The molecule has 0 spiro atoms. The Morgan fingerprint density at radius 3 is 2.12 bits per heavy atom. The highest BCUT2D eigenvalue weighted by Gasteiger charge is 2.20. The van der Waals surface area contributed by atoms with E-state index in [1.165, 1.54) is 0 Å². The molecule has 0 aliphatic carbocycles. The standard InChI is InChI=1S/C45H32N4O/c46-44(32-17-8-3-9-18-32)48-45(47-29-30-13-4-1-5-14-30)34-19-12-20-35(27-34)49-40-28-33(31-15-6-2-7-16-31)23-24-36(40)38-25-26-39-37-21-10-11-22-41(37)50-43(39)42(38)49/h1-29,45H,(H2,46,48). The van der Waals surface area contributed by atoms with Gasteiger partial charge in [-0.2, -0.15) is 0 Å². The summed E-state index contributed by atoms with van der Waals surface area (Å²) >= 11 is 0. The lowest BCUT2D eigenvalue weighted by atomic mass is 10.0. The fraction of sp³-hybridized carbons (Fsp3) is 0.0222. The number of para-hydroxylation sites is 1. The van der Waals surface area contributed by atoms with Gasteiger partial charge in [0.15, 0.2) is 11.7 Å². The van der Waals surface area contributed by atoms with Crippen molar-refractivity contribution in [2.75, 3.05) is 0 Å². The van der Waals surface area contributed by atoms with Gasteiger partial charge in [-0.25, -0.2) is 4.99 Å². The van der Waals surface area contributed by atoms with Crippen LogP contribution in [0.25, 0.3) is 60.6 Å². The largest absolute Gasteiger partial charge is 0.454 e. The average Bonchev–Trinajstić information content (AvgIpc) is 3.73. The van der Waals surface area contributed by atoms with Crippen molar-refractivity contribution in [1.29, 1.82) is 0 Å². The Bertz CT molecular complexity index is 2710. The maximum atomic E-state index is 6.66. The molecule has 2 N–H and O–H groups in total. The minimum absolute atomic E-state index is 0.430. The SMILES string of the molecule is NC(=NC(N=Cc1ccccc1)c1cccc(-n2c3cc(-c4ccccc4)ccc3c3ccc4c5ccccc5oc4c32)c1)c1ccccc1. The minimum Gasteiger partial charge on any atom is -0.454 e. The maximum Gasteiger partial charge on any atom is 0.167 e. The molecule has 0 radical (unpaired) electrons. The lowest BCUT2D eigenvalue weighted by molar-refractivity contribution is 0.671. The van der Waals surface area contributed by atoms with Gasteiger partial charge in [-0.15, -0.1) is 0 Å². The van der Waals surface area contributed by atoms with Gasteiger partial charge in [-0.05, 0) is 47.0 Å². The van der Waals surface area contributed by atoms with E-state index in [0.717, 1.165) is 77.2 Å². The van der Waals surface area contributed by atoms with Crippen molar-refractivity contribution in [3.8, 4) is 16.8 Å². The summed E-state index contributed by atoms with van der Waals surface area (Å²) in [7, 11) is 0. The summed E-state index contributed by atoms with van der Waals surface area (Å²) in [5, 5.41) is 4.46. The Balaban J connectivity index is 1.29. The van der Waals surface area contributed by atoms with Crippen LogP contribution in [-0.4, -0.2) is 16.6 Å². The summed E-state index contributed by atoms with van der Waals surface area (Å²) in [6.45, 7) is 0. The number of aromatic nitrogens is 1. The Labute approximate surface area is 289 Å². The first-order valence-electron chi connectivity index (χ1n) is 16.7. The number of amidine groups is 1. The monoisotopic (exact) mass is 644 g/mol. The summed E-state index contributed by atoms with van der Waals surface area (Å²) in [5.41, 5.74) is 16.5. The molecule has 2 aromatic heterocycles. The number of benzene rings is 7. The quantitative estimate of drug-likeness (QED) is 0.139. The van der Waals surface area contributed by atoms with Crippen LogP contribution in [0, 0.1) is 0 Å². The molecule has 1 unspecified atom stereocenters. The molecule has 7 aromatic carbocycles. The number of rotatable bonds is 7. The molecular formula is C45H32N4O. The second-order valence-electron chi connectivity index (χ2n) is 12.4. The molecule has 0 aliphatic rings. The van der Waals surface area contributed by atoms with Crippen molar-refractivity contribution < 1.29 is 4.42 Å². The lowest BCUT2D eigenvalue weighted by Gasteiger charge is -2.14. The van der Waals surface area contributed by atoms with Gasteiger partial charge in [0.2, 0.25) is 0 Å². The van der Waals surface area contributed by atoms with E-state index in [1.54, 1.807) is 0 Å². The van der Waals surface area contributed by atoms with Crippen LogP contribution in [-0.2, 0) is 0 Å². The number of hydrogen-bond donors (Lipinski definition) is 1. The molecule has 0 fully saturated rings. The summed E-state index contributed by atoms with van der Waals surface area (Å²) in [4.78, 5) is 9.97. The normalized spacial score (nSPS) is 12.8. The third-order valence-electron chi connectivity index (χ3n) is 9.30. The Hall–Kier alpha value is -6.72. The minimum atomic E-state index is -0.574. The van der Waals surface area contributed by atoms with Crippen LogP contribution in [0.2, 0.25) is 0 Å². The number of fused-ring (bicyclic) bond motifs is 7. The molecule has 5 nitrogen and oxygen atoms in total. The Morgan fingerprint density at radius 1 is 0.600 bits per heavy atom. The lowest BCUT2D eigenvalue weighted by Crippen LogP contribution is -2.15. The van der Waals surface area contributed by atoms with Crippen LogP contribution in [0.1, 0.15) is 22.9 Å². The number of hydrogen-bond acceptors (Lipinski definition) is 3. The van der Waals surface area contributed by atoms with E-state index in [9.17, 15) is 0 Å². The molecular weight excluding hydrogens is 613 g/mol. The van der Waals surface area contributed by atoms with E-state index in [2.05, 4.69) is 95.6 Å². The molecule has 2 heterocycles. The number of nitrogens with two attached hydrogens (primary N) is 1. The molecule has 1 atom stereocenters. The third kappa shape index (κ3) is 5.22. The molecule has 9 aromatic rings. The van der Waals surface area contributed by atoms with Crippen molar-refractivity contribution in [3.63, 3.8) is 0 Å². The second kappa shape index (κ2) is 12.4. The van der Waals surface area contributed by atoms with Gasteiger partial charge in [0, 0.05) is 44.6 Å². The predicted molar refractivity (Wildman–Crippen MR) is 207 cm³/mol. The van der Waals surface area contributed by atoms with Crippen molar-refractivity contribution in [2.24, 2.45) is 15.7 Å². The maximum absolute atomic E-state index is 6.66. The zero-order chi connectivity index (χ0) is 33.4. The summed E-state index contributed by atoms with van der Waals surface area (Å²) < 4.78 is 8.98. The molecule has 0 bridgehead atoms. The summed E-state index contributed by atoms with van der Waals surface area (Å²) in [5.74, 6) is 0.430. The van der Waals surface area contributed by atoms with E-state index in [4.69, 9.17) is 20.1 Å². The Kier molecular flexibility index (Phi) is 7.29. The molecule has 0 amide bonds. The van der Waals surface area contributed by atoms with Gasteiger partial charge in [-0.1, -0.05) is 140 Å². The fourth-order valence-electron chi connectivity index (χ4n) is 6.89. The topological polar surface area (TPSA) is 68.8 Å². The summed E-state index contributed by atoms with van der Waals surface area (Å²) in [6.07, 6.45) is 1.29. The molecule has 5 heteroatoms. The first-order valence-corrected chi connectivity index (χ1v) is 16.7. The van der Waals surface area contributed by atoms with Crippen LogP contribution in [0.4, 0.5) is 0 Å². The van der Waals surface area contributed by atoms with Gasteiger partial charge in [0.05, 0.1) is 11.0 Å². The van der Waals surface area contributed by atoms with Crippen LogP contribution in [0.3, 0.4) is 0 Å². The van der Waals surface area contributed by atoms with Gasteiger partial charge < -0.3 is 14.7 Å². The van der Waals surface area contributed by atoms with Crippen LogP contribution in [0.15, 0.2) is 184 Å². The predicted octanol–water partition coefficient (Wildman–Crippen LogP) is 10.9. The van der Waals surface area contributed by atoms with Gasteiger partial charge in [-0.3, -0.25) is 4.99 Å². The van der Waals surface area contributed by atoms with Crippen molar-refractivity contribution in [1.82, 2.24) is 4.57 Å². The molecule has 0 aliphatic heterocycles. The highest BCUT2D eigenvalue weighted by atomic mass is 16.3. The van der Waals surface area contributed by atoms with E-state index >= 15 is 0 Å². The highest BCUT2D eigenvalue weighted by Crippen LogP contribution is 2.41. The number of furan rings is 1. The van der Waals surface area contributed by atoms with Crippen molar-refractivity contribution in [2.45, 2.75) is 6.17 Å². The van der Waals surface area contributed by atoms with Crippen LogP contribution in [0.5, 0.6) is 0 Å². The first kappa shape index (κ1) is 29.4. The Morgan fingerprint density at radius 2 is 1.30 bits per heavy atom. The molecule has 0 saturated carbocycles. The third-order valence-corrected chi connectivity index (χ3v) is 9.30. The molecule has 238 valence electrons. The molecule has 50 heavy (non-hydrogen) atoms. The second-order valence-corrected chi connectivity index (χ2v) is 12.4. The van der Waals surface area contributed by atoms with Crippen LogP contribution >= 0.6 is 0 Å². The number of aliphatic imine (C=N–C) groups is 2. The van der Waals surface area contributed by atoms with Crippen LogP contribution < -0.4 is 5.73 Å².